The second-order valence-corrected chi connectivity index (χ2v) is 3.73. The molecule has 2 heteroatoms. The van der Waals surface area contributed by atoms with Crippen molar-refractivity contribution in [1.82, 2.24) is 0 Å². The number of rotatable bonds is 4. The van der Waals surface area contributed by atoms with Gasteiger partial charge in [0, 0.05) is 7.11 Å². The number of ether oxygens (including phenoxy) is 2. The van der Waals surface area contributed by atoms with Gasteiger partial charge < -0.3 is 9.47 Å². The fourth-order valence-electron chi connectivity index (χ4n) is 1.32. The summed E-state index contributed by atoms with van der Waals surface area (Å²) in [4.78, 5) is 0. The molecule has 0 fully saturated rings. The number of hydrogen-bond acceptors (Lipinski definition) is 2. The molecule has 0 atom stereocenters. The van der Waals surface area contributed by atoms with E-state index in [-0.39, 0.29) is 0 Å². The Kier molecular flexibility index (Phi) is 3.96. The minimum atomic E-state index is 0.307. The highest BCUT2D eigenvalue weighted by Gasteiger charge is 2.03. The van der Waals surface area contributed by atoms with Gasteiger partial charge in [0.1, 0.15) is 5.75 Å². The van der Waals surface area contributed by atoms with E-state index in [0.29, 0.717) is 12.7 Å². The van der Waals surface area contributed by atoms with Gasteiger partial charge in [0.2, 0.25) is 0 Å². The number of benzene rings is 1. The number of hydrogen-bond donors (Lipinski definition) is 0. The van der Waals surface area contributed by atoms with Crippen molar-refractivity contribution in [3.05, 3.63) is 29.3 Å². The van der Waals surface area contributed by atoms with Crippen LogP contribution in [0.5, 0.6) is 5.75 Å². The highest BCUT2D eigenvalue weighted by atomic mass is 16.7. The molecule has 0 unspecified atom stereocenters. The second kappa shape index (κ2) is 5.01. The molecule has 0 aliphatic heterocycles. The first-order chi connectivity index (χ1) is 6.65. The Hall–Kier alpha value is -1.02. The van der Waals surface area contributed by atoms with E-state index in [2.05, 4.69) is 32.9 Å². The summed E-state index contributed by atoms with van der Waals surface area (Å²) >= 11 is 0. The quantitative estimate of drug-likeness (QED) is 0.686. The van der Waals surface area contributed by atoms with Crippen LogP contribution in [0.15, 0.2) is 18.2 Å². The van der Waals surface area contributed by atoms with Crippen molar-refractivity contribution in [3.8, 4) is 5.75 Å². The van der Waals surface area contributed by atoms with E-state index in [1.165, 1.54) is 5.56 Å². The molecule has 78 valence electrons. The normalized spacial score (nSPS) is 10.6. The topological polar surface area (TPSA) is 18.5 Å². The highest BCUT2D eigenvalue weighted by Crippen LogP contribution is 2.23. The summed E-state index contributed by atoms with van der Waals surface area (Å²) in [5.74, 6) is 1.46. The van der Waals surface area contributed by atoms with Gasteiger partial charge in [-0.1, -0.05) is 26.0 Å². The molecule has 0 aliphatic rings. The highest BCUT2D eigenvalue weighted by molar-refractivity contribution is 5.37. The summed E-state index contributed by atoms with van der Waals surface area (Å²) in [5.41, 5.74) is 2.50. The van der Waals surface area contributed by atoms with Crippen LogP contribution in [0.25, 0.3) is 0 Å². The molecule has 14 heavy (non-hydrogen) atoms. The van der Waals surface area contributed by atoms with Gasteiger partial charge in [-0.25, -0.2) is 0 Å². The fourth-order valence-corrected chi connectivity index (χ4v) is 1.32. The van der Waals surface area contributed by atoms with Crippen LogP contribution in [-0.4, -0.2) is 13.9 Å². The lowest BCUT2D eigenvalue weighted by molar-refractivity contribution is 0.0506. The zero-order valence-electron chi connectivity index (χ0n) is 9.33. The summed E-state index contributed by atoms with van der Waals surface area (Å²) in [5, 5.41) is 0. The van der Waals surface area contributed by atoms with Crippen molar-refractivity contribution in [2.45, 2.75) is 26.7 Å². The standard InChI is InChI=1S/C12H18O2/c1-9(2)11-5-6-12(10(3)7-11)14-8-13-4/h5-7,9H,8H2,1-4H3. The third-order valence-corrected chi connectivity index (χ3v) is 2.20. The minimum absolute atomic E-state index is 0.307. The van der Waals surface area contributed by atoms with Gasteiger partial charge in [-0.15, -0.1) is 0 Å². The average Bonchev–Trinajstić information content (AvgIpc) is 2.15. The van der Waals surface area contributed by atoms with Gasteiger partial charge in [-0.2, -0.15) is 0 Å². The molecule has 0 aliphatic carbocycles. The van der Waals surface area contributed by atoms with Gasteiger partial charge in [0.05, 0.1) is 0 Å². The van der Waals surface area contributed by atoms with E-state index in [1.54, 1.807) is 7.11 Å². The van der Waals surface area contributed by atoms with E-state index in [9.17, 15) is 0 Å². The summed E-state index contributed by atoms with van der Waals surface area (Å²) in [6, 6.07) is 6.27. The molecule has 1 aromatic rings. The summed E-state index contributed by atoms with van der Waals surface area (Å²) in [6.07, 6.45) is 0. The SMILES string of the molecule is COCOc1ccc(C(C)C)cc1C. The smallest absolute Gasteiger partial charge is 0.188 e. The molecule has 0 bridgehead atoms. The maximum absolute atomic E-state index is 5.40. The Morgan fingerprint density at radius 3 is 2.50 bits per heavy atom. The largest absolute Gasteiger partial charge is 0.467 e. The van der Waals surface area contributed by atoms with Gasteiger partial charge in [0.25, 0.3) is 0 Å². The van der Waals surface area contributed by atoms with E-state index in [4.69, 9.17) is 9.47 Å². The van der Waals surface area contributed by atoms with Crippen molar-refractivity contribution in [3.63, 3.8) is 0 Å². The first-order valence-corrected chi connectivity index (χ1v) is 4.87. The molecule has 0 aromatic heterocycles. The molecule has 0 heterocycles. The van der Waals surface area contributed by atoms with Crippen LogP contribution in [-0.2, 0) is 4.74 Å². The van der Waals surface area contributed by atoms with Crippen molar-refractivity contribution < 1.29 is 9.47 Å². The lowest BCUT2D eigenvalue weighted by atomic mass is 10.0. The van der Waals surface area contributed by atoms with Crippen molar-refractivity contribution in [2.75, 3.05) is 13.9 Å². The lowest BCUT2D eigenvalue weighted by Crippen LogP contribution is -2.00. The Balaban J connectivity index is 2.79. The summed E-state index contributed by atoms with van der Waals surface area (Å²) < 4.78 is 10.3. The van der Waals surface area contributed by atoms with Crippen molar-refractivity contribution in [1.29, 1.82) is 0 Å². The molecule has 0 saturated heterocycles. The van der Waals surface area contributed by atoms with Gasteiger partial charge >= 0.3 is 0 Å². The molecule has 2 nitrogen and oxygen atoms in total. The van der Waals surface area contributed by atoms with Gasteiger partial charge in [-0.3, -0.25) is 0 Å². The number of aryl methyl sites for hydroxylation is 1. The van der Waals surface area contributed by atoms with Gasteiger partial charge in [-0.05, 0) is 30.0 Å². The molecule has 1 rings (SSSR count). The summed E-state index contributed by atoms with van der Waals surface area (Å²) in [6.45, 7) is 6.73. The van der Waals surface area contributed by atoms with Crippen LogP contribution in [0.1, 0.15) is 30.9 Å². The first-order valence-electron chi connectivity index (χ1n) is 4.87. The maximum Gasteiger partial charge on any atom is 0.188 e. The number of methoxy groups -OCH3 is 1. The van der Waals surface area contributed by atoms with Crippen LogP contribution in [0.4, 0.5) is 0 Å². The Bertz CT molecular complexity index is 292. The molecule has 0 radical (unpaired) electrons. The monoisotopic (exact) mass is 194 g/mol. The predicted octanol–water partition coefficient (Wildman–Crippen LogP) is 3.10. The third kappa shape index (κ3) is 2.74. The summed E-state index contributed by atoms with van der Waals surface area (Å²) in [7, 11) is 1.62. The van der Waals surface area contributed by atoms with Crippen LogP contribution < -0.4 is 4.74 Å². The predicted molar refractivity (Wildman–Crippen MR) is 57.8 cm³/mol. The fraction of sp³-hybridized carbons (Fsp3) is 0.500. The molecule has 0 spiro atoms. The zero-order valence-corrected chi connectivity index (χ0v) is 9.33. The first kappa shape index (κ1) is 11.1. The van der Waals surface area contributed by atoms with Gasteiger partial charge in [0.15, 0.2) is 6.79 Å². The lowest BCUT2D eigenvalue weighted by Gasteiger charge is -2.11. The molecule has 0 amide bonds. The second-order valence-electron chi connectivity index (χ2n) is 3.73. The van der Waals surface area contributed by atoms with E-state index >= 15 is 0 Å². The van der Waals surface area contributed by atoms with Crippen molar-refractivity contribution >= 4 is 0 Å². The molecular formula is C12H18O2. The Morgan fingerprint density at radius 1 is 1.29 bits per heavy atom. The minimum Gasteiger partial charge on any atom is -0.467 e. The maximum atomic E-state index is 5.40. The molecule has 1 aromatic carbocycles. The molecular weight excluding hydrogens is 176 g/mol. The van der Waals surface area contributed by atoms with Crippen LogP contribution >= 0.6 is 0 Å². The van der Waals surface area contributed by atoms with Crippen LogP contribution in [0, 0.1) is 6.92 Å². The van der Waals surface area contributed by atoms with E-state index in [0.717, 1.165) is 11.3 Å². The molecule has 0 N–H and O–H groups in total. The molecule has 0 saturated carbocycles. The Labute approximate surface area is 85.8 Å². The average molecular weight is 194 g/mol. The van der Waals surface area contributed by atoms with Crippen LogP contribution in [0.3, 0.4) is 0 Å². The van der Waals surface area contributed by atoms with Crippen molar-refractivity contribution in [2.24, 2.45) is 0 Å². The van der Waals surface area contributed by atoms with E-state index < -0.39 is 0 Å². The van der Waals surface area contributed by atoms with E-state index in [1.807, 2.05) is 6.07 Å². The zero-order chi connectivity index (χ0) is 10.6. The van der Waals surface area contributed by atoms with Crippen LogP contribution in [0.2, 0.25) is 0 Å². The third-order valence-electron chi connectivity index (χ3n) is 2.20. The Morgan fingerprint density at radius 2 is 2.00 bits per heavy atom.